The second kappa shape index (κ2) is 7.93. The van der Waals surface area contributed by atoms with Gasteiger partial charge in [0.2, 0.25) is 6.23 Å². The summed E-state index contributed by atoms with van der Waals surface area (Å²) in [4.78, 5) is 21.9. The summed E-state index contributed by atoms with van der Waals surface area (Å²) < 4.78 is 14.2. The number of alkyl carbamates (subject to hydrolysis) is 1. The summed E-state index contributed by atoms with van der Waals surface area (Å²) in [6, 6.07) is 9.01. The van der Waals surface area contributed by atoms with E-state index < -0.39 is 18.3 Å². The molecule has 1 amide bonds. The van der Waals surface area contributed by atoms with Gasteiger partial charge in [-0.15, -0.1) is 0 Å². The molecule has 0 bridgehead atoms. The molecule has 104 valence electrons. The maximum atomic E-state index is 11.1. The van der Waals surface area contributed by atoms with E-state index in [2.05, 4.69) is 9.47 Å². The summed E-state index contributed by atoms with van der Waals surface area (Å²) in [6.07, 6.45) is -2.68. The van der Waals surface area contributed by atoms with Crippen molar-refractivity contribution in [3.8, 4) is 5.75 Å². The van der Waals surface area contributed by atoms with Crippen molar-refractivity contribution < 1.29 is 28.9 Å². The first-order valence-corrected chi connectivity index (χ1v) is 5.50. The number of amides is 1. The van der Waals surface area contributed by atoms with Gasteiger partial charge in [0.05, 0.1) is 7.11 Å². The quantitative estimate of drug-likeness (QED) is 0.438. The molecule has 0 aromatic heterocycles. The zero-order valence-corrected chi connectivity index (χ0v) is 10.4. The first-order valence-electron chi connectivity index (χ1n) is 5.50. The van der Waals surface area contributed by atoms with Crippen molar-refractivity contribution >= 4 is 12.1 Å². The Balaban J connectivity index is 2.15. The maximum Gasteiger partial charge on any atom is 0.409 e. The highest BCUT2D eigenvalue weighted by Gasteiger charge is 2.18. The van der Waals surface area contributed by atoms with Crippen molar-refractivity contribution in [1.29, 1.82) is 0 Å². The Labute approximate surface area is 110 Å². The summed E-state index contributed by atoms with van der Waals surface area (Å²) in [6.45, 7) is 0.139. The van der Waals surface area contributed by atoms with E-state index in [1.54, 1.807) is 12.1 Å². The Morgan fingerprint density at radius 3 is 2.58 bits per heavy atom. The van der Waals surface area contributed by atoms with E-state index in [4.69, 9.17) is 9.84 Å². The second-order valence-corrected chi connectivity index (χ2v) is 3.37. The van der Waals surface area contributed by atoms with Crippen LogP contribution in [0.4, 0.5) is 4.79 Å². The molecule has 0 aliphatic rings. The average molecular weight is 269 g/mol. The lowest BCUT2D eigenvalue weighted by Gasteiger charge is -2.11. The van der Waals surface area contributed by atoms with Crippen LogP contribution in [0, 0.1) is 0 Å². The minimum atomic E-state index is -1.74. The lowest BCUT2D eigenvalue weighted by Crippen LogP contribution is -2.41. The number of para-hydroxylation sites is 1. The number of rotatable bonds is 6. The van der Waals surface area contributed by atoms with E-state index in [0.717, 1.165) is 7.11 Å². The minimum absolute atomic E-state index is 0.0192. The van der Waals surface area contributed by atoms with Gasteiger partial charge in [0.15, 0.2) is 0 Å². The van der Waals surface area contributed by atoms with Gasteiger partial charge < -0.3 is 19.3 Å². The van der Waals surface area contributed by atoms with Gasteiger partial charge in [-0.1, -0.05) is 18.2 Å². The van der Waals surface area contributed by atoms with Gasteiger partial charge in [0.1, 0.15) is 19.0 Å². The third-order valence-electron chi connectivity index (χ3n) is 2.01. The standard InChI is InChI=1S/C12H15NO6/c1-17-11(15)10(14)13-12(16)19-8-7-18-9-5-3-2-4-6-9/h2-6,10,14H,7-8H2,1H3,(H,13,16). The lowest BCUT2D eigenvalue weighted by molar-refractivity contribution is -0.151. The molecule has 1 unspecified atom stereocenters. The number of carbonyl (C=O) groups is 2. The van der Waals surface area contributed by atoms with Crippen LogP contribution < -0.4 is 10.1 Å². The number of aliphatic hydroxyl groups is 1. The molecule has 0 spiro atoms. The number of esters is 1. The highest BCUT2D eigenvalue weighted by molar-refractivity contribution is 5.79. The summed E-state index contributed by atoms with van der Waals surface area (Å²) in [5, 5.41) is 11.0. The van der Waals surface area contributed by atoms with Gasteiger partial charge in [0.25, 0.3) is 0 Å². The fraction of sp³-hybridized carbons (Fsp3) is 0.333. The predicted octanol–water partition coefficient (Wildman–Crippen LogP) is 0.283. The zero-order valence-electron chi connectivity index (χ0n) is 10.4. The van der Waals surface area contributed by atoms with Crippen LogP contribution in [0.5, 0.6) is 5.75 Å². The van der Waals surface area contributed by atoms with E-state index in [1.807, 2.05) is 23.5 Å². The number of nitrogens with one attached hydrogen (secondary N) is 1. The number of hydrogen-bond donors (Lipinski definition) is 2. The molecule has 19 heavy (non-hydrogen) atoms. The third kappa shape index (κ3) is 5.73. The number of methoxy groups -OCH3 is 1. The van der Waals surface area contributed by atoms with Crippen molar-refractivity contribution in [3.63, 3.8) is 0 Å². The molecule has 0 saturated heterocycles. The van der Waals surface area contributed by atoms with Crippen molar-refractivity contribution in [2.75, 3.05) is 20.3 Å². The van der Waals surface area contributed by atoms with Gasteiger partial charge in [-0.25, -0.2) is 9.59 Å². The smallest absolute Gasteiger partial charge is 0.409 e. The van der Waals surface area contributed by atoms with Crippen LogP contribution in [0.25, 0.3) is 0 Å². The Bertz CT molecular complexity index is 408. The van der Waals surface area contributed by atoms with Gasteiger partial charge in [0, 0.05) is 0 Å². The van der Waals surface area contributed by atoms with E-state index in [-0.39, 0.29) is 13.2 Å². The Morgan fingerprint density at radius 1 is 1.26 bits per heavy atom. The monoisotopic (exact) mass is 269 g/mol. The average Bonchev–Trinajstić information content (AvgIpc) is 2.43. The fourth-order valence-corrected chi connectivity index (χ4v) is 1.13. The number of aliphatic hydroxyl groups excluding tert-OH is 1. The predicted molar refractivity (Wildman–Crippen MR) is 64.4 cm³/mol. The molecule has 0 heterocycles. The Hall–Kier alpha value is -2.28. The highest BCUT2D eigenvalue weighted by atomic mass is 16.6. The van der Waals surface area contributed by atoms with Crippen LogP contribution in [-0.2, 0) is 14.3 Å². The van der Waals surface area contributed by atoms with Crippen molar-refractivity contribution in [3.05, 3.63) is 30.3 Å². The van der Waals surface area contributed by atoms with E-state index >= 15 is 0 Å². The van der Waals surface area contributed by atoms with Crippen LogP contribution in [0.1, 0.15) is 0 Å². The largest absolute Gasteiger partial charge is 0.490 e. The van der Waals surface area contributed by atoms with E-state index in [1.165, 1.54) is 0 Å². The van der Waals surface area contributed by atoms with Crippen LogP contribution >= 0.6 is 0 Å². The number of carbonyl (C=O) groups excluding carboxylic acids is 2. The molecule has 0 radical (unpaired) electrons. The molecule has 1 aromatic carbocycles. The molecule has 7 heteroatoms. The molecule has 1 rings (SSSR count). The fourth-order valence-electron chi connectivity index (χ4n) is 1.13. The van der Waals surface area contributed by atoms with Crippen LogP contribution in [0.2, 0.25) is 0 Å². The molecule has 0 saturated carbocycles. The Morgan fingerprint density at radius 2 is 1.95 bits per heavy atom. The summed E-state index contributed by atoms with van der Waals surface area (Å²) in [5.41, 5.74) is 0. The van der Waals surface area contributed by atoms with Crippen molar-refractivity contribution in [2.45, 2.75) is 6.23 Å². The first kappa shape index (κ1) is 14.8. The molecule has 1 atom stereocenters. The van der Waals surface area contributed by atoms with E-state index in [0.29, 0.717) is 5.75 Å². The molecular formula is C12H15NO6. The van der Waals surface area contributed by atoms with Gasteiger partial charge in [-0.3, -0.25) is 5.32 Å². The number of hydrogen-bond acceptors (Lipinski definition) is 6. The Kier molecular flexibility index (Phi) is 6.17. The molecule has 1 aromatic rings. The minimum Gasteiger partial charge on any atom is -0.490 e. The van der Waals surface area contributed by atoms with Crippen molar-refractivity contribution in [2.24, 2.45) is 0 Å². The normalized spacial score (nSPS) is 11.3. The van der Waals surface area contributed by atoms with Crippen LogP contribution in [-0.4, -0.2) is 43.7 Å². The van der Waals surface area contributed by atoms with E-state index in [9.17, 15) is 9.59 Å². The molecule has 7 nitrogen and oxygen atoms in total. The second-order valence-electron chi connectivity index (χ2n) is 3.37. The molecular weight excluding hydrogens is 254 g/mol. The molecule has 0 fully saturated rings. The molecule has 2 N–H and O–H groups in total. The number of ether oxygens (including phenoxy) is 3. The summed E-state index contributed by atoms with van der Waals surface area (Å²) >= 11 is 0. The van der Waals surface area contributed by atoms with Crippen LogP contribution in [0.15, 0.2) is 30.3 Å². The highest BCUT2D eigenvalue weighted by Crippen LogP contribution is 2.07. The summed E-state index contributed by atoms with van der Waals surface area (Å²) in [7, 11) is 1.09. The van der Waals surface area contributed by atoms with Crippen LogP contribution in [0.3, 0.4) is 0 Å². The zero-order chi connectivity index (χ0) is 14.1. The van der Waals surface area contributed by atoms with Gasteiger partial charge in [-0.2, -0.15) is 0 Å². The lowest BCUT2D eigenvalue weighted by atomic mass is 10.3. The first-order chi connectivity index (χ1) is 9.13. The van der Waals surface area contributed by atoms with Crippen molar-refractivity contribution in [1.82, 2.24) is 5.32 Å². The van der Waals surface area contributed by atoms with Gasteiger partial charge >= 0.3 is 12.1 Å². The molecule has 0 aliphatic heterocycles. The topological polar surface area (TPSA) is 94.1 Å². The maximum absolute atomic E-state index is 11.1. The SMILES string of the molecule is COC(=O)C(O)NC(=O)OCCOc1ccccc1. The van der Waals surface area contributed by atoms with Gasteiger partial charge in [-0.05, 0) is 12.1 Å². The molecule has 0 aliphatic carbocycles. The third-order valence-corrected chi connectivity index (χ3v) is 2.01. The number of benzene rings is 1. The summed E-state index contributed by atoms with van der Waals surface area (Å²) in [5.74, 6) is -0.321.